The molecule has 2 aliphatic heterocycles. The Hall–Kier alpha value is -6.25. The van der Waals surface area contributed by atoms with Crippen molar-refractivity contribution in [2.24, 2.45) is 5.92 Å². The van der Waals surface area contributed by atoms with Gasteiger partial charge in [0.25, 0.3) is 0 Å². The number of H-pyrrole nitrogens is 2. The number of aromatic nitrogens is 5. The van der Waals surface area contributed by atoms with Gasteiger partial charge in [-0.3, -0.25) is 9.59 Å². The Morgan fingerprint density at radius 2 is 1.27 bits per heavy atom. The summed E-state index contributed by atoms with van der Waals surface area (Å²) in [5, 5.41) is 6.23. The number of nitrogens with zero attached hydrogens (tertiary/aromatic N) is 5. The highest BCUT2D eigenvalue weighted by molar-refractivity contribution is 5.88. The summed E-state index contributed by atoms with van der Waals surface area (Å²) < 4.78 is 9.40. The number of carbonyl (C=O) groups excluding carboxylic acids is 4. The monoisotopic (exact) mass is 761 g/mol. The van der Waals surface area contributed by atoms with E-state index < -0.39 is 24.3 Å². The number of hydrogen-bond acceptors (Lipinski definition) is 9. The number of methoxy groups -OCH3 is 2. The van der Waals surface area contributed by atoms with Crippen molar-refractivity contribution in [1.29, 1.82) is 0 Å². The summed E-state index contributed by atoms with van der Waals surface area (Å²) in [6.07, 6.45) is 5.55. The molecule has 2 saturated heterocycles. The number of benzene rings is 2. The Bertz CT molecular complexity index is 2230. The van der Waals surface area contributed by atoms with Gasteiger partial charge in [0.1, 0.15) is 23.7 Å². The summed E-state index contributed by atoms with van der Waals surface area (Å²) in [7, 11) is 2.56. The molecule has 56 heavy (non-hydrogen) atoms. The molecule has 0 saturated carbocycles. The number of hydrogen-bond donors (Lipinski definition) is 4. The lowest BCUT2D eigenvalue weighted by Gasteiger charge is -2.30. The van der Waals surface area contributed by atoms with Crippen molar-refractivity contribution < 1.29 is 28.7 Å². The summed E-state index contributed by atoms with van der Waals surface area (Å²) in [6, 6.07) is 16.4. The Kier molecular flexibility index (Phi) is 11.0. The van der Waals surface area contributed by atoms with E-state index in [1.165, 1.54) is 14.2 Å². The van der Waals surface area contributed by atoms with Crippen LogP contribution < -0.4 is 10.6 Å². The minimum absolute atomic E-state index is 0.108. The number of amides is 4. The van der Waals surface area contributed by atoms with Crippen molar-refractivity contribution in [3.05, 3.63) is 78.6 Å². The molecule has 15 heteroatoms. The Morgan fingerprint density at radius 3 is 1.88 bits per heavy atom. The maximum Gasteiger partial charge on any atom is 0.407 e. The van der Waals surface area contributed by atoms with Gasteiger partial charge >= 0.3 is 12.2 Å². The molecular weight excluding hydrogens is 715 g/mol. The third-order valence-electron chi connectivity index (χ3n) is 10.7. The van der Waals surface area contributed by atoms with Gasteiger partial charge in [-0.25, -0.2) is 24.5 Å². The van der Waals surface area contributed by atoms with E-state index in [1.54, 1.807) is 29.1 Å². The summed E-state index contributed by atoms with van der Waals surface area (Å²) in [5.41, 5.74) is 6.25. The first-order valence-electron chi connectivity index (χ1n) is 19.0. The van der Waals surface area contributed by atoms with Crippen molar-refractivity contribution in [3.63, 3.8) is 0 Å². The lowest BCUT2D eigenvalue weighted by Crippen LogP contribution is -2.51. The van der Waals surface area contributed by atoms with Crippen molar-refractivity contribution in [2.45, 2.75) is 70.6 Å². The van der Waals surface area contributed by atoms with Gasteiger partial charge in [-0.15, -0.1) is 0 Å². The molecule has 292 valence electrons. The molecule has 4 amide bonds. The number of imidazole rings is 2. The van der Waals surface area contributed by atoms with Crippen LogP contribution in [0.5, 0.6) is 0 Å². The largest absolute Gasteiger partial charge is 0.453 e. The number of likely N-dealkylation sites (tertiary alicyclic amines) is 2. The molecule has 2 fully saturated rings. The number of carbonyl (C=O) groups is 4. The third-order valence-corrected chi connectivity index (χ3v) is 10.7. The molecule has 0 aliphatic carbocycles. The smallest absolute Gasteiger partial charge is 0.407 e. The maximum atomic E-state index is 13.5. The maximum absolute atomic E-state index is 13.5. The van der Waals surface area contributed by atoms with E-state index in [0.717, 1.165) is 70.4 Å². The van der Waals surface area contributed by atoms with Gasteiger partial charge in [0.2, 0.25) is 11.8 Å². The zero-order chi connectivity index (χ0) is 39.5. The average Bonchev–Trinajstić information content (AvgIpc) is 4.06. The van der Waals surface area contributed by atoms with Crippen LogP contribution in [0.2, 0.25) is 0 Å². The molecule has 0 radical (unpaired) electrons. The van der Waals surface area contributed by atoms with Gasteiger partial charge in [0.15, 0.2) is 0 Å². The SMILES string of the molecule is COC(=O)NC(C)C(=O)N1CCCC1c1ncc(-c2ccc3nc(-c4ccc(-c5cnc(C6CCCN6C(=O)C(NC(=O)OC)C(C)C)[nH]5)cc4)ccc3c2)[nH]1. The van der Waals surface area contributed by atoms with E-state index >= 15 is 0 Å². The summed E-state index contributed by atoms with van der Waals surface area (Å²) >= 11 is 0. The molecule has 15 nitrogen and oxygen atoms in total. The highest BCUT2D eigenvalue weighted by Crippen LogP contribution is 2.35. The molecule has 2 aliphatic rings. The fourth-order valence-electron chi connectivity index (χ4n) is 7.63. The molecule has 4 N–H and O–H groups in total. The zero-order valence-corrected chi connectivity index (χ0v) is 32.2. The fourth-order valence-corrected chi connectivity index (χ4v) is 7.63. The van der Waals surface area contributed by atoms with Crippen molar-refractivity contribution in [2.75, 3.05) is 27.3 Å². The predicted octanol–water partition coefficient (Wildman–Crippen LogP) is 6.13. The fraction of sp³-hybridized carbons (Fsp3) is 0.390. The van der Waals surface area contributed by atoms with E-state index in [9.17, 15) is 19.2 Å². The Morgan fingerprint density at radius 1 is 0.714 bits per heavy atom. The molecule has 2 aromatic carbocycles. The van der Waals surface area contributed by atoms with Gasteiger partial charge in [-0.05, 0) is 62.3 Å². The lowest BCUT2D eigenvalue weighted by atomic mass is 10.0. The first-order chi connectivity index (χ1) is 27.0. The van der Waals surface area contributed by atoms with Crippen molar-refractivity contribution in [3.8, 4) is 33.8 Å². The van der Waals surface area contributed by atoms with E-state index in [2.05, 4.69) is 47.4 Å². The number of nitrogens with one attached hydrogen (secondary N) is 4. The molecule has 5 aromatic rings. The molecule has 4 unspecified atom stereocenters. The van der Waals surface area contributed by atoms with Crippen LogP contribution in [-0.2, 0) is 19.1 Å². The van der Waals surface area contributed by atoms with E-state index in [-0.39, 0.29) is 29.8 Å². The highest BCUT2D eigenvalue weighted by atomic mass is 16.5. The lowest BCUT2D eigenvalue weighted by molar-refractivity contribution is -0.135. The molecule has 3 aromatic heterocycles. The predicted molar refractivity (Wildman–Crippen MR) is 209 cm³/mol. The van der Waals surface area contributed by atoms with E-state index in [0.29, 0.717) is 24.7 Å². The minimum atomic E-state index is -0.713. The number of aromatic amines is 2. The zero-order valence-electron chi connectivity index (χ0n) is 32.2. The van der Waals surface area contributed by atoms with Gasteiger partial charge < -0.3 is 39.9 Å². The van der Waals surface area contributed by atoms with Gasteiger partial charge in [0, 0.05) is 29.6 Å². The van der Waals surface area contributed by atoms with Crippen molar-refractivity contribution >= 4 is 34.9 Å². The second-order valence-electron chi connectivity index (χ2n) is 14.6. The first kappa shape index (κ1) is 38.0. The van der Waals surface area contributed by atoms with Crippen LogP contribution in [0.25, 0.3) is 44.7 Å². The van der Waals surface area contributed by atoms with Crippen LogP contribution in [0.1, 0.15) is 70.2 Å². The molecule has 5 heterocycles. The van der Waals surface area contributed by atoms with Crippen LogP contribution in [0.4, 0.5) is 9.59 Å². The Balaban J connectivity index is 1.02. The van der Waals surface area contributed by atoms with Crippen LogP contribution in [0.3, 0.4) is 0 Å². The molecule has 7 rings (SSSR count). The van der Waals surface area contributed by atoms with Crippen LogP contribution >= 0.6 is 0 Å². The van der Waals surface area contributed by atoms with Crippen LogP contribution in [0.15, 0.2) is 67.0 Å². The first-order valence-corrected chi connectivity index (χ1v) is 19.0. The van der Waals surface area contributed by atoms with Crippen LogP contribution in [0, 0.1) is 5.92 Å². The standard InChI is InChI=1S/C41H47N9O6/c1-23(2)35(48-41(54)56-5)39(52)50-19-7-9-34(50)37-42-21-31(46-37)26-12-10-25(11-13-26)29-16-14-27-20-28(15-17-30(27)45-29)32-22-43-36(47-32)33-8-6-18-49(33)38(51)24(3)44-40(53)55-4/h10-17,20-24,33-35H,6-9,18-19H2,1-5H3,(H,42,46)(H,43,47)(H,44,53)(H,48,54). The van der Waals surface area contributed by atoms with E-state index in [1.807, 2.05) is 56.3 Å². The van der Waals surface area contributed by atoms with Crippen LogP contribution in [-0.4, -0.2) is 98.1 Å². The van der Waals surface area contributed by atoms with Gasteiger partial charge in [0.05, 0.1) is 61.3 Å². The van der Waals surface area contributed by atoms with Gasteiger partial charge in [-0.1, -0.05) is 50.2 Å². The number of ether oxygens (including phenoxy) is 2. The average molecular weight is 762 g/mol. The summed E-state index contributed by atoms with van der Waals surface area (Å²) in [5.74, 6) is 0.992. The molecule has 0 spiro atoms. The molecular formula is C41H47N9O6. The number of alkyl carbamates (subject to hydrolysis) is 2. The normalized spacial score (nSPS) is 17.9. The van der Waals surface area contributed by atoms with E-state index in [4.69, 9.17) is 9.72 Å². The summed E-state index contributed by atoms with van der Waals surface area (Å²) in [4.78, 5) is 75.0. The molecule has 4 atom stereocenters. The highest BCUT2D eigenvalue weighted by Gasteiger charge is 2.38. The summed E-state index contributed by atoms with van der Waals surface area (Å²) in [6.45, 7) is 6.62. The topological polar surface area (TPSA) is 188 Å². The quantitative estimate of drug-likeness (QED) is 0.130. The second-order valence-corrected chi connectivity index (χ2v) is 14.6. The van der Waals surface area contributed by atoms with Crippen molar-refractivity contribution in [1.82, 2.24) is 45.4 Å². The third kappa shape index (κ3) is 7.79. The molecule has 0 bridgehead atoms. The Labute approximate surface area is 324 Å². The minimum Gasteiger partial charge on any atom is -0.453 e. The second kappa shape index (κ2) is 16.2. The number of rotatable bonds is 10. The number of fused-ring (bicyclic) bond motifs is 1. The van der Waals surface area contributed by atoms with Gasteiger partial charge in [-0.2, -0.15) is 0 Å². The number of pyridine rings is 1.